The van der Waals surface area contributed by atoms with Crippen molar-refractivity contribution in [2.24, 2.45) is 5.73 Å². The van der Waals surface area contributed by atoms with Crippen LogP contribution < -0.4 is 5.73 Å². The molecule has 3 heteroatoms. The number of nitrogens with two attached hydrogens (primary N) is 1. The first-order valence-corrected chi connectivity index (χ1v) is 2.95. The van der Waals surface area contributed by atoms with Crippen molar-refractivity contribution < 1.29 is 41.5 Å². The Hall–Kier alpha value is 1.31. The van der Waals surface area contributed by atoms with E-state index in [2.05, 4.69) is 6.92 Å². The second-order valence-electron chi connectivity index (χ2n) is 1.73. The van der Waals surface area contributed by atoms with E-state index < -0.39 is 0 Å². The molecule has 0 fully saturated rings. The fraction of sp³-hybridized carbons (Fsp3) is 0.833. The molecule has 1 radical (unpaired) electrons. The van der Waals surface area contributed by atoms with E-state index in [4.69, 9.17) is 5.73 Å². The monoisotopic (exact) mass is 471 g/mol. The van der Waals surface area contributed by atoms with Gasteiger partial charge in [-0.15, -0.1) is 0 Å². The van der Waals surface area contributed by atoms with Gasteiger partial charge < -0.3 is 5.73 Å². The third kappa shape index (κ3) is 17.6. The van der Waals surface area contributed by atoms with E-state index in [0.29, 0.717) is 0 Å². The molecule has 0 saturated heterocycles. The number of rotatable bonds is 4. The summed E-state index contributed by atoms with van der Waals surface area (Å²) in [6.07, 6.45) is 4.93. The zero-order valence-electron chi connectivity index (χ0n) is 5.77. The first kappa shape index (κ1) is 16.7. The molecule has 0 aromatic rings. The third-order valence-electron chi connectivity index (χ3n) is 0.974. The fourth-order valence-corrected chi connectivity index (χ4v) is 0.512. The van der Waals surface area contributed by atoms with Crippen molar-refractivity contribution >= 4 is 0 Å². The van der Waals surface area contributed by atoms with Gasteiger partial charge in [0.1, 0.15) is 0 Å². The molecule has 0 rings (SSSR count). The SMILES string of the molecule is CCCCC[CH-]N.[Re].[W]. The summed E-state index contributed by atoms with van der Waals surface area (Å²) >= 11 is 0. The zero-order valence-corrected chi connectivity index (χ0v) is 11.4. The van der Waals surface area contributed by atoms with Gasteiger partial charge in [0.25, 0.3) is 0 Å². The van der Waals surface area contributed by atoms with E-state index in [9.17, 15) is 0 Å². The molecular formula is C6H14NReW-. The molecule has 0 unspecified atom stereocenters. The van der Waals surface area contributed by atoms with E-state index in [-0.39, 0.29) is 41.5 Å². The first-order valence-electron chi connectivity index (χ1n) is 2.95. The molecule has 0 aromatic carbocycles. The molecule has 0 aliphatic heterocycles. The third-order valence-corrected chi connectivity index (χ3v) is 0.974. The van der Waals surface area contributed by atoms with Gasteiger partial charge in [-0.1, -0.05) is 26.2 Å². The van der Waals surface area contributed by atoms with Crippen LogP contribution in [0.4, 0.5) is 0 Å². The van der Waals surface area contributed by atoms with Crippen LogP contribution >= 0.6 is 0 Å². The van der Waals surface area contributed by atoms with Crippen LogP contribution in [0.2, 0.25) is 0 Å². The Bertz CT molecular complexity index is 32.2. The summed E-state index contributed by atoms with van der Waals surface area (Å²) in [5, 5.41) is 0. The Kier molecular flexibility index (Phi) is 30.0. The molecular weight excluding hydrogens is 456 g/mol. The zero-order chi connectivity index (χ0) is 5.54. The van der Waals surface area contributed by atoms with Gasteiger partial charge in [0.15, 0.2) is 0 Å². The van der Waals surface area contributed by atoms with E-state index in [0.717, 1.165) is 6.42 Å². The van der Waals surface area contributed by atoms with Crippen molar-refractivity contribution in [2.75, 3.05) is 0 Å². The molecule has 0 aliphatic rings. The van der Waals surface area contributed by atoms with Crippen molar-refractivity contribution in [3.8, 4) is 0 Å². The summed E-state index contributed by atoms with van der Waals surface area (Å²) in [6, 6.07) is 0. The van der Waals surface area contributed by atoms with Gasteiger partial charge in [-0.05, 0) is 0 Å². The van der Waals surface area contributed by atoms with Crippen LogP contribution in [-0.4, -0.2) is 0 Å². The second kappa shape index (κ2) is 16.1. The number of hydrogen-bond acceptors (Lipinski definition) is 1. The van der Waals surface area contributed by atoms with Crippen molar-refractivity contribution in [1.29, 1.82) is 0 Å². The average Bonchev–Trinajstić information content (AvgIpc) is 1.69. The summed E-state index contributed by atoms with van der Waals surface area (Å²) in [5.41, 5.74) is 5.14. The minimum Gasteiger partial charge on any atom is -0.483 e. The molecule has 9 heavy (non-hydrogen) atoms. The summed E-state index contributed by atoms with van der Waals surface area (Å²) in [5.74, 6) is 0. The summed E-state index contributed by atoms with van der Waals surface area (Å²) in [6.45, 7) is 3.92. The van der Waals surface area contributed by atoms with Crippen LogP contribution in [0.3, 0.4) is 0 Å². The maximum atomic E-state index is 5.14. The maximum Gasteiger partial charge on any atom is 0 e. The van der Waals surface area contributed by atoms with Crippen LogP contribution in [0, 0.1) is 6.54 Å². The summed E-state index contributed by atoms with van der Waals surface area (Å²) < 4.78 is 0. The van der Waals surface area contributed by atoms with Gasteiger partial charge in [-0.3, -0.25) is 6.54 Å². The second-order valence-corrected chi connectivity index (χ2v) is 1.73. The summed E-state index contributed by atoms with van der Waals surface area (Å²) in [4.78, 5) is 0. The van der Waals surface area contributed by atoms with Crippen molar-refractivity contribution in [2.45, 2.75) is 32.6 Å². The molecule has 0 saturated carbocycles. The topological polar surface area (TPSA) is 26.0 Å². The molecule has 0 atom stereocenters. The molecule has 57 valence electrons. The molecule has 0 amide bonds. The van der Waals surface area contributed by atoms with Gasteiger partial charge in [0.2, 0.25) is 0 Å². The van der Waals surface area contributed by atoms with Crippen molar-refractivity contribution in [3.05, 3.63) is 6.54 Å². The molecule has 0 aliphatic carbocycles. The predicted molar refractivity (Wildman–Crippen MR) is 32.6 cm³/mol. The smallest absolute Gasteiger partial charge is 0 e. The van der Waals surface area contributed by atoms with Crippen molar-refractivity contribution in [3.63, 3.8) is 0 Å². The Morgan fingerprint density at radius 2 is 1.89 bits per heavy atom. The van der Waals surface area contributed by atoms with Gasteiger partial charge in [0.05, 0.1) is 0 Å². The predicted octanol–water partition coefficient (Wildman–Crippen LogP) is 1.68. The normalized spacial score (nSPS) is 7.33. The Balaban J connectivity index is -0.000000180. The molecule has 0 heterocycles. The van der Waals surface area contributed by atoms with E-state index in [1.165, 1.54) is 19.3 Å². The quantitative estimate of drug-likeness (QED) is 0.492. The molecule has 0 aromatic heterocycles. The van der Waals surface area contributed by atoms with Crippen LogP contribution in [0.15, 0.2) is 0 Å². The van der Waals surface area contributed by atoms with Crippen LogP contribution in [0.25, 0.3) is 0 Å². The largest absolute Gasteiger partial charge is 0.483 e. The van der Waals surface area contributed by atoms with E-state index in [1.807, 2.05) is 0 Å². The molecule has 0 spiro atoms. The van der Waals surface area contributed by atoms with E-state index >= 15 is 0 Å². The van der Waals surface area contributed by atoms with Crippen LogP contribution in [-0.2, 0) is 41.5 Å². The van der Waals surface area contributed by atoms with Gasteiger partial charge in [-0.25, -0.2) is 0 Å². The van der Waals surface area contributed by atoms with Crippen molar-refractivity contribution in [1.82, 2.24) is 0 Å². The van der Waals surface area contributed by atoms with Gasteiger partial charge in [0, 0.05) is 41.5 Å². The number of hydrogen-bond donors (Lipinski definition) is 1. The van der Waals surface area contributed by atoms with Crippen LogP contribution in [0.5, 0.6) is 0 Å². The summed E-state index contributed by atoms with van der Waals surface area (Å²) in [7, 11) is 0. The Morgan fingerprint density at radius 3 is 2.22 bits per heavy atom. The molecule has 1 nitrogen and oxygen atoms in total. The number of unbranched alkanes of at least 4 members (excludes halogenated alkanes) is 3. The Morgan fingerprint density at radius 1 is 1.33 bits per heavy atom. The van der Waals surface area contributed by atoms with Gasteiger partial charge in [-0.2, -0.15) is 6.42 Å². The van der Waals surface area contributed by atoms with E-state index in [1.54, 1.807) is 6.54 Å². The van der Waals surface area contributed by atoms with Crippen LogP contribution in [0.1, 0.15) is 32.6 Å². The maximum absolute atomic E-state index is 5.14. The first-order chi connectivity index (χ1) is 3.41. The standard InChI is InChI=1S/C6H14N.Re.W/c1-2-3-4-5-6-7;;/h6H,2-5,7H2,1H3;;/q-1;;. The minimum atomic E-state index is 0. The average molecular weight is 470 g/mol. The fourth-order valence-electron chi connectivity index (χ4n) is 0.512. The molecule has 0 bridgehead atoms. The van der Waals surface area contributed by atoms with Gasteiger partial charge >= 0.3 is 0 Å². The molecule has 2 N–H and O–H groups in total. The minimum absolute atomic E-state index is 0. The Labute approximate surface area is 86.1 Å².